The molecule has 0 aliphatic heterocycles. The van der Waals surface area contributed by atoms with Gasteiger partial charge in [-0.1, -0.05) is 12.1 Å². The van der Waals surface area contributed by atoms with Crippen LogP contribution in [-0.4, -0.2) is 33.6 Å². The lowest BCUT2D eigenvalue weighted by atomic mass is 10.3. The average Bonchev–Trinajstić information content (AvgIpc) is 2.78. The Labute approximate surface area is 123 Å². The number of aromatic nitrogens is 4. The van der Waals surface area contributed by atoms with E-state index in [1.165, 1.54) is 0 Å². The normalized spacial score (nSPS) is 10.9. The first-order chi connectivity index (χ1) is 10.1. The van der Waals surface area contributed by atoms with E-state index in [0.29, 0.717) is 5.95 Å². The van der Waals surface area contributed by atoms with Gasteiger partial charge in [-0.2, -0.15) is 4.98 Å². The molecule has 1 N–H and O–H groups in total. The Kier molecular flexibility index (Phi) is 3.21. The van der Waals surface area contributed by atoms with Gasteiger partial charge in [0.15, 0.2) is 0 Å². The first kappa shape index (κ1) is 13.4. The van der Waals surface area contributed by atoms with Gasteiger partial charge in [-0.3, -0.25) is 5.32 Å². The van der Waals surface area contributed by atoms with Crippen LogP contribution in [0.2, 0.25) is 0 Å². The molecule has 0 fully saturated rings. The lowest BCUT2D eigenvalue weighted by Gasteiger charge is -2.15. The van der Waals surface area contributed by atoms with Crippen molar-refractivity contribution < 1.29 is 0 Å². The number of aryl methyl sites for hydroxylation is 2. The summed E-state index contributed by atoms with van der Waals surface area (Å²) in [5.41, 5.74) is 3.05. The highest BCUT2D eigenvalue weighted by molar-refractivity contribution is 5.79. The van der Waals surface area contributed by atoms with Gasteiger partial charge in [-0.15, -0.1) is 0 Å². The number of nitrogens with zero attached hydrogens (tertiary/aromatic N) is 5. The smallest absolute Gasteiger partial charge is 0.231 e. The third-order valence-corrected chi connectivity index (χ3v) is 3.38. The average molecular weight is 282 g/mol. The second-order valence-electron chi connectivity index (χ2n) is 5.20. The van der Waals surface area contributed by atoms with Crippen LogP contribution in [0.25, 0.3) is 11.0 Å². The van der Waals surface area contributed by atoms with Crippen LogP contribution in [0, 0.1) is 6.92 Å². The zero-order valence-electron chi connectivity index (χ0n) is 12.6. The summed E-state index contributed by atoms with van der Waals surface area (Å²) < 4.78 is 1.99. The number of imidazole rings is 1. The quantitative estimate of drug-likeness (QED) is 0.799. The molecule has 0 amide bonds. The van der Waals surface area contributed by atoms with E-state index in [0.717, 1.165) is 28.4 Å². The number of hydrogen-bond acceptors (Lipinski definition) is 5. The van der Waals surface area contributed by atoms with Crippen LogP contribution in [0.3, 0.4) is 0 Å². The molecule has 0 bridgehead atoms. The van der Waals surface area contributed by atoms with Crippen LogP contribution in [0.5, 0.6) is 0 Å². The Morgan fingerprint density at radius 2 is 1.90 bits per heavy atom. The highest BCUT2D eigenvalue weighted by atomic mass is 15.3. The fraction of sp³-hybridized carbons (Fsp3) is 0.267. The molecule has 21 heavy (non-hydrogen) atoms. The zero-order chi connectivity index (χ0) is 15.0. The molecule has 0 atom stereocenters. The van der Waals surface area contributed by atoms with Gasteiger partial charge in [0, 0.05) is 32.9 Å². The van der Waals surface area contributed by atoms with Crippen molar-refractivity contribution in [2.45, 2.75) is 6.92 Å². The van der Waals surface area contributed by atoms with Crippen LogP contribution >= 0.6 is 0 Å². The van der Waals surface area contributed by atoms with E-state index < -0.39 is 0 Å². The van der Waals surface area contributed by atoms with Crippen LogP contribution in [0.4, 0.5) is 17.7 Å². The second kappa shape index (κ2) is 5.05. The molecular formula is C15H18N6. The maximum absolute atomic E-state index is 4.56. The van der Waals surface area contributed by atoms with Gasteiger partial charge in [-0.05, 0) is 19.1 Å². The summed E-state index contributed by atoms with van der Waals surface area (Å²) in [6, 6.07) is 8.00. The van der Waals surface area contributed by atoms with Crippen molar-refractivity contribution >= 4 is 28.7 Å². The number of anilines is 3. The van der Waals surface area contributed by atoms with Crippen molar-refractivity contribution in [1.82, 2.24) is 19.5 Å². The van der Waals surface area contributed by atoms with E-state index in [2.05, 4.69) is 20.3 Å². The molecule has 2 aromatic heterocycles. The van der Waals surface area contributed by atoms with Gasteiger partial charge < -0.3 is 9.47 Å². The summed E-state index contributed by atoms with van der Waals surface area (Å²) in [7, 11) is 5.90. The molecule has 0 aliphatic rings. The Balaban J connectivity index is 1.99. The maximum Gasteiger partial charge on any atom is 0.231 e. The minimum Gasteiger partial charge on any atom is -0.362 e. The van der Waals surface area contributed by atoms with Crippen LogP contribution in [0.15, 0.2) is 30.5 Å². The molecule has 1 aromatic carbocycles. The molecule has 0 unspecified atom stereocenters. The third kappa shape index (κ3) is 2.40. The van der Waals surface area contributed by atoms with Crippen molar-refractivity contribution in [3.63, 3.8) is 0 Å². The molecule has 2 heterocycles. The van der Waals surface area contributed by atoms with Crippen LogP contribution in [-0.2, 0) is 7.05 Å². The minimum absolute atomic E-state index is 0.544. The standard InChI is InChI=1S/C15H18N6/c1-10-9-16-14(18-13(10)20(2)3)19-15-17-11-7-5-6-8-12(11)21(15)4/h5-9H,1-4H3,(H,16,17,18,19). The molecular weight excluding hydrogens is 264 g/mol. The molecule has 0 saturated carbocycles. The number of hydrogen-bond donors (Lipinski definition) is 1. The van der Waals surface area contributed by atoms with Gasteiger partial charge in [0.05, 0.1) is 11.0 Å². The summed E-state index contributed by atoms with van der Waals surface area (Å²) in [6.45, 7) is 1.99. The van der Waals surface area contributed by atoms with E-state index in [4.69, 9.17) is 0 Å². The number of benzene rings is 1. The Bertz CT molecular complexity index is 790. The van der Waals surface area contributed by atoms with Crippen LogP contribution in [0.1, 0.15) is 5.56 Å². The molecule has 6 nitrogen and oxygen atoms in total. The van der Waals surface area contributed by atoms with Crippen molar-refractivity contribution in [2.24, 2.45) is 7.05 Å². The first-order valence-electron chi connectivity index (χ1n) is 6.75. The predicted octanol–water partition coefficient (Wildman–Crippen LogP) is 2.48. The fourth-order valence-electron chi connectivity index (χ4n) is 2.30. The summed E-state index contributed by atoms with van der Waals surface area (Å²) >= 11 is 0. The summed E-state index contributed by atoms with van der Waals surface area (Å²) in [6.07, 6.45) is 1.81. The SMILES string of the molecule is Cc1cnc(Nc2nc3ccccc3n2C)nc1N(C)C. The largest absolute Gasteiger partial charge is 0.362 e. The lowest BCUT2D eigenvalue weighted by molar-refractivity contribution is 0.944. The van der Waals surface area contributed by atoms with Gasteiger partial charge in [0.2, 0.25) is 11.9 Å². The van der Waals surface area contributed by atoms with Crippen molar-refractivity contribution in [1.29, 1.82) is 0 Å². The molecule has 108 valence electrons. The van der Waals surface area contributed by atoms with E-state index in [1.807, 2.05) is 68.0 Å². The predicted molar refractivity (Wildman–Crippen MR) is 85.1 cm³/mol. The molecule has 0 aliphatic carbocycles. The third-order valence-electron chi connectivity index (χ3n) is 3.38. The zero-order valence-corrected chi connectivity index (χ0v) is 12.6. The minimum atomic E-state index is 0.544. The number of fused-ring (bicyclic) bond motifs is 1. The molecule has 0 spiro atoms. The van der Waals surface area contributed by atoms with E-state index >= 15 is 0 Å². The maximum atomic E-state index is 4.56. The van der Waals surface area contributed by atoms with Crippen molar-refractivity contribution in [2.75, 3.05) is 24.3 Å². The van der Waals surface area contributed by atoms with Crippen LogP contribution < -0.4 is 10.2 Å². The highest BCUT2D eigenvalue weighted by Crippen LogP contribution is 2.21. The molecule has 0 radical (unpaired) electrons. The summed E-state index contributed by atoms with van der Waals surface area (Å²) in [4.78, 5) is 15.4. The monoisotopic (exact) mass is 282 g/mol. The Morgan fingerprint density at radius 3 is 2.62 bits per heavy atom. The Hall–Kier alpha value is -2.63. The summed E-state index contributed by atoms with van der Waals surface area (Å²) in [5.74, 6) is 2.17. The second-order valence-corrected chi connectivity index (χ2v) is 5.20. The van der Waals surface area contributed by atoms with Gasteiger partial charge >= 0.3 is 0 Å². The van der Waals surface area contributed by atoms with Gasteiger partial charge in [-0.25, -0.2) is 9.97 Å². The topological polar surface area (TPSA) is 58.9 Å². The number of para-hydroxylation sites is 2. The molecule has 6 heteroatoms. The van der Waals surface area contributed by atoms with Gasteiger partial charge in [0.1, 0.15) is 5.82 Å². The molecule has 3 rings (SSSR count). The number of rotatable bonds is 3. The Morgan fingerprint density at radius 1 is 1.14 bits per heavy atom. The summed E-state index contributed by atoms with van der Waals surface area (Å²) in [5, 5.41) is 3.19. The van der Waals surface area contributed by atoms with Crippen molar-refractivity contribution in [3.05, 3.63) is 36.0 Å². The van der Waals surface area contributed by atoms with E-state index in [-0.39, 0.29) is 0 Å². The van der Waals surface area contributed by atoms with E-state index in [9.17, 15) is 0 Å². The highest BCUT2D eigenvalue weighted by Gasteiger charge is 2.10. The first-order valence-corrected chi connectivity index (χ1v) is 6.75. The van der Waals surface area contributed by atoms with Gasteiger partial charge in [0.25, 0.3) is 0 Å². The molecule has 0 saturated heterocycles. The number of nitrogens with one attached hydrogen (secondary N) is 1. The van der Waals surface area contributed by atoms with Crippen molar-refractivity contribution in [3.8, 4) is 0 Å². The molecule has 3 aromatic rings. The lowest BCUT2D eigenvalue weighted by Crippen LogP contribution is -2.14. The fourth-order valence-corrected chi connectivity index (χ4v) is 2.30. The van der Waals surface area contributed by atoms with E-state index in [1.54, 1.807) is 0 Å².